The molecule has 6 heteroatoms. The summed E-state index contributed by atoms with van der Waals surface area (Å²) in [6.45, 7) is 0.414. The molecule has 15 heavy (non-hydrogen) atoms. The van der Waals surface area contributed by atoms with Gasteiger partial charge in [-0.25, -0.2) is 5.10 Å². The highest BCUT2D eigenvalue weighted by Crippen LogP contribution is 2.06. The molecule has 3 N–H and O–H groups in total. The van der Waals surface area contributed by atoms with E-state index in [-0.39, 0.29) is 6.01 Å². The molecule has 0 saturated heterocycles. The van der Waals surface area contributed by atoms with Gasteiger partial charge in [-0.05, 0) is 17.8 Å². The number of ether oxygens (including phenoxy) is 1. The number of hydrogen-bond acceptors (Lipinski definition) is 4. The minimum atomic E-state index is 0.281. The first-order valence-electron chi connectivity index (χ1n) is 4.36. The van der Waals surface area contributed by atoms with Gasteiger partial charge in [0, 0.05) is 0 Å². The average Bonchev–Trinajstić information content (AvgIpc) is 2.59. The van der Waals surface area contributed by atoms with E-state index in [0.29, 0.717) is 11.4 Å². The Hall–Kier alpha value is -1.82. The van der Waals surface area contributed by atoms with Gasteiger partial charge in [-0.2, -0.15) is 4.68 Å². The van der Waals surface area contributed by atoms with Crippen LogP contribution >= 0.6 is 12.2 Å². The highest BCUT2D eigenvalue weighted by atomic mass is 32.1. The molecule has 2 rings (SSSR count). The van der Waals surface area contributed by atoms with Crippen LogP contribution in [-0.2, 0) is 6.61 Å². The molecular weight excluding hydrogens is 212 g/mol. The minimum Gasteiger partial charge on any atom is -0.458 e. The van der Waals surface area contributed by atoms with Crippen LogP contribution in [0.2, 0.25) is 0 Å². The zero-order valence-electron chi connectivity index (χ0n) is 7.88. The fourth-order valence-corrected chi connectivity index (χ4v) is 1.24. The SMILES string of the molecule is Nn1c(OCc2ccccc2)n[nH]c1=S. The van der Waals surface area contributed by atoms with E-state index in [1.54, 1.807) is 0 Å². The molecule has 1 aromatic carbocycles. The summed E-state index contributed by atoms with van der Waals surface area (Å²) in [5, 5.41) is 6.37. The summed E-state index contributed by atoms with van der Waals surface area (Å²) in [6, 6.07) is 10.0. The first-order valence-corrected chi connectivity index (χ1v) is 4.77. The van der Waals surface area contributed by atoms with Crippen molar-refractivity contribution in [2.24, 2.45) is 0 Å². The molecule has 0 aliphatic heterocycles. The third-order valence-electron chi connectivity index (χ3n) is 1.88. The van der Waals surface area contributed by atoms with E-state index in [4.69, 9.17) is 22.8 Å². The Labute approximate surface area is 91.5 Å². The van der Waals surface area contributed by atoms with Crippen LogP contribution in [0.5, 0.6) is 6.01 Å². The van der Waals surface area contributed by atoms with Crippen molar-refractivity contribution in [2.75, 3.05) is 5.84 Å². The van der Waals surface area contributed by atoms with Crippen molar-refractivity contribution in [3.63, 3.8) is 0 Å². The molecule has 0 atom stereocenters. The standard InChI is InChI=1S/C9H10N4OS/c10-13-8(11-12-9(13)15)14-6-7-4-2-1-3-5-7/h1-5H,6,10H2,(H,12,15). The Morgan fingerprint density at radius 3 is 2.73 bits per heavy atom. The summed E-state index contributed by atoms with van der Waals surface area (Å²) in [5.74, 6) is 5.56. The van der Waals surface area contributed by atoms with Gasteiger partial charge in [0.15, 0.2) is 0 Å². The predicted octanol–water partition coefficient (Wildman–Crippen LogP) is 1.23. The first-order chi connectivity index (χ1) is 7.27. The molecule has 2 aromatic rings. The summed E-state index contributed by atoms with van der Waals surface area (Å²) < 4.78 is 6.90. The molecular formula is C9H10N4OS. The van der Waals surface area contributed by atoms with Gasteiger partial charge in [-0.3, -0.25) is 0 Å². The van der Waals surface area contributed by atoms with Crippen LogP contribution in [0.1, 0.15) is 5.56 Å². The summed E-state index contributed by atoms with van der Waals surface area (Å²) in [6.07, 6.45) is 0. The minimum absolute atomic E-state index is 0.281. The summed E-state index contributed by atoms with van der Waals surface area (Å²) >= 11 is 4.84. The van der Waals surface area contributed by atoms with Gasteiger partial charge in [0.05, 0.1) is 0 Å². The number of H-pyrrole nitrogens is 1. The molecule has 0 unspecified atom stereocenters. The van der Waals surface area contributed by atoms with Gasteiger partial charge >= 0.3 is 6.01 Å². The van der Waals surface area contributed by atoms with Crippen LogP contribution in [-0.4, -0.2) is 14.9 Å². The molecule has 1 heterocycles. The number of aromatic nitrogens is 3. The van der Waals surface area contributed by atoms with Crippen molar-refractivity contribution in [1.82, 2.24) is 14.9 Å². The lowest BCUT2D eigenvalue weighted by atomic mass is 10.2. The van der Waals surface area contributed by atoms with Crippen LogP contribution in [0.4, 0.5) is 0 Å². The topological polar surface area (TPSA) is 68.9 Å². The number of nitrogens with two attached hydrogens (primary N) is 1. The number of nitrogens with one attached hydrogen (secondary N) is 1. The second kappa shape index (κ2) is 4.14. The predicted molar refractivity (Wildman–Crippen MR) is 58.3 cm³/mol. The summed E-state index contributed by atoms with van der Waals surface area (Å²) in [7, 11) is 0. The number of nitrogens with zero attached hydrogens (tertiary/aromatic N) is 2. The molecule has 0 aliphatic rings. The molecule has 0 radical (unpaired) electrons. The van der Waals surface area contributed by atoms with Gasteiger partial charge in [-0.15, -0.1) is 5.10 Å². The maximum absolute atomic E-state index is 5.56. The van der Waals surface area contributed by atoms with E-state index >= 15 is 0 Å². The van der Waals surface area contributed by atoms with E-state index < -0.39 is 0 Å². The van der Waals surface area contributed by atoms with Crippen molar-refractivity contribution in [3.8, 4) is 6.01 Å². The van der Waals surface area contributed by atoms with Crippen LogP contribution in [0.25, 0.3) is 0 Å². The first kappa shape index (κ1) is 9.72. The monoisotopic (exact) mass is 222 g/mol. The van der Waals surface area contributed by atoms with E-state index in [9.17, 15) is 0 Å². The maximum Gasteiger partial charge on any atom is 0.335 e. The molecule has 0 fully saturated rings. The van der Waals surface area contributed by atoms with Gasteiger partial charge in [0.25, 0.3) is 0 Å². The zero-order valence-corrected chi connectivity index (χ0v) is 8.70. The number of nitrogen functional groups attached to an aromatic ring is 1. The van der Waals surface area contributed by atoms with Crippen molar-refractivity contribution < 1.29 is 4.74 Å². The quantitative estimate of drug-likeness (QED) is 0.605. The maximum atomic E-state index is 5.56. The lowest BCUT2D eigenvalue weighted by Crippen LogP contribution is -2.11. The third kappa shape index (κ3) is 2.16. The van der Waals surface area contributed by atoms with Gasteiger partial charge in [0.1, 0.15) is 6.61 Å². The van der Waals surface area contributed by atoms with Crippen molar-refractivity contribution in [3.05, 3.63) is 40.7 Å². The Bertz CT molecular complexity index is 490. The highest BCUT2D eigenvalue weighted by molar-refractivity contribution is 7.71. The van der Waals surface area contributed by atoms with E-state index in [0.717, 1.165) is 5.56 Å². The van der Waals surface area contributed by atoms with Crippen LogP contribution in [0.3, 0.4) is 0 Å². The molecule has 5 nitrogen and oxygen atoms in total. The van der Waals surface area contributed by atoms with Crippen molar-refractivity contribution in [1.29, 1.82) is 0 Å². The van der Waals surface area contributed by atoms with E-state index in [2.05, 4.69) is 10.2 Å². The zero-order chi connectivity index (χ0) is 10.7. The van der Waals surface area contributed by atoms with Crippen LogP contribution in [0, 0.1) is 4.77 Å². The lowest BCUT2D eigenvalue weighted by Gasteiger charge is -2.03. The molecule has 78 valence electrons. The average molecular weight is 222 g/mol. The lowest BCUT2D eigenvalue weighted by molar-refractivity contribution is 0.272. The fraction of sp³-hybridized carbons (Fsp3) is 0.111. The Morgan fingerprint density at radius 1 is 1.40 bits per heavy atom. The second-order valence-corrected chi connectivity index (χ2v) is 3.34. The second-order valence-electron chi connectivity index (χ2n) is 2.96. The van der Waals surface area contributed by atoms with E-state index in [1.165, 1.54) is 4.68 Å². The van der Waals surface area contributed by atoms with Gasteiger partial charge in [0.2, 0.25) is 4.77 Å². The molecule has 0 spiro atoms. The number of benzene rings is 1. The fourth-order valence-electron chi connectivity index (χ4n) is 1.11. The van der Waals surface area contributed by atoms with Crippen LogP contribution in [0.15, 0.2) is 30.3 Å². The molecule has 0 bridgehead atoms. The summed E-state index contributed by atoms with van der Waals surface area (Å²) in [4.78, 5) is 0. The highest BCUT2D eigenvalue weighted by Gasteiger charge is 2.03. The van der Waals surface area contributed by atoms with Crippen molar-refractivity contribution >= 4 is 12.2 Å². The molecule has 0 aliphatic carbocycles. The van der Waals surface area contributed by atoms with Gasteiger partial charge in [-0.1, -0.05) is 30.3 Å². The van der Waals surface area contributed by atoms with Crippen molar-refractivity contribution in [2.45, 2.75) is 6.61 Å². The molecule has 0 amide bonds. The number of aromatic amines is 1. The normalized spacial score (nSPS) is 10.1. The summed E-state index contributed by atoms with van der Waals surface area (Å²) in [5.41, 5.74) is 1.05. The largest absolute Gasteiger partial charge is 0.458 e. The number of rotatable bonds is 3. The molecule has 0 saturated carbocycles. The Balaban J connectivity index is 2.06. The molecule has 1 aromatic heterocycles. The Kier molecular flexibility index (Phi) is 2.68. The van der Waals surface area contributed by atoms with Crippen LogP contribution < -0.4 is 10.6 Å². The Morgan fingerprint density at radius 2 is 2.13 bits per heavy atom. The smallest absolute Gasteiger partial charge is 0.335 e. The third-order valence-corrected chi connectivity index (χ3v) is 2.17. The van der Waals surface area contributed by atoms with Gasteiger partial charge < -0.3 is 10.6 Å². The number of hydrogen-bond donors (Lipinski definition) is 2. The van der Waals surface area contributed by atoms with E-state index in [1.807, 2.05) is 30.3 Å².